The Labute approximate surface area is 184 Å². The van der Waals surface area contributed by atoms with E-state index in [1.165, 1.54) is 0 Å². The zero-order valence-electron chi connectivity index (χ0n) is 18.7. The van der Waals surface area contributed by atoms with Gasteiger partial charge in [-0.3, -0.25) is 4.79 Å². The number of ether oxygens (including phenoxy) is 1. The SMILES string of the molecule is C=CCN(CC=C)C(=O)Cn1c(COc2cc(C)ccc2C(C)C)nc2ccccc21. The minimum Gasteiger partial charge on any atom is -0.485 e. The summed E-state index contributed by atoms with van der Waals surface area (Å²) in [6.07, 6.45) is 3.45. The number of fused-ring (bicyclic) bond motifs is 1. The maximum Gasteiger partial charge on any atom is 0.243 e. The fourth-order valence-electron chi connectivity index (χ4n) is 3.62. The van der Waals surface area contributed by atoms with Gasteiger partial charge < -0.3 is 14.2 Å². The Kier molecular flexibility index (Phi) is 7.29. The lowest BCUT2D eigenvalue weighted by Crippen LogP contribution is -2.34. The van der Waals surface area contributed by atoms with E-state index in [1.54, 1.807) is 17.1 Å². The summed E-state index contributed by atoms with van der Waals surface area (Å²) < 4.78 is 8.18. The molecule has 0 atom stereocenters. The van der Waals surface area contributed by atoms with E-state index in [4.69, 9.17) is 9.72 Å². The molecule has 0 saturated heterocycles. The summed E-state index contributed by atoms with van der Waals surface area (Å²) in [7, 11) is 0. The monoisotopic (exact) mass is 417 g/mol. The number of para-hydroxylation sites is 2. The first kappa shape index (κ1) is 22.3. The van der Waals surface area contributed by atoms with Gasteiger partial charge in [-0.2, -0.15) is 0 Å². The van der Waals surface area contributed by atoms with E-state index in [0.717, 1.165) is 33.7 Å². The first-order valence-corrected chi connectivity index (χ1v) is 10.6. The molecule has 0 fully saturated rings. The third-order valence-electron chi connectivity index (χ3n) is 5.23. The minimum absolute atomic E-state index is 0.0115. The Balaban J connectivity index is 1.91. The topological polar surface area (TPSA) is 47.4 Å². The molecule has 0 aliphatic rings. The largest absolute Gasteiger partial charge is 0.485 e. The maximum atomic E-state index is 13.0. The minimum atomic E-state index is -0.0115. The highest BCUT2D eigenvalue weighted by Gasteiger charge is 2.18. The van der Waals surface area contributed by atoms with Crippen LogP contribution in [0.3, 0.4) is 0 Å². The first-order chi connectivity index (χ1) is 14.9. The summed E-state index contributed by atoms with van der Waals surface area (Å²) in [6, 6.07) is 14.1. The zero-order chi connectivity index (χ0) is 22.4. The van der Waals surface area contributed by atoms with Crippen molar-refractivity contribution in [2.24, 2.45) is 0 Å². The molecule has 3 aromatic rings. The van der Waals surface area contributed by atoms with Crippen LogP contribution in [0.5, 0.6) is 5.75 Å². The standard InChI is InChI=1S/C26H31N3O2/c1-6-14-28(15-7-2)26(30)17-29-23-11-9-8-10-22(23)27-25(29)18-31-24-16-20(5)12-13-21(24)19(3)4/h6-13,16,19H,1-2,14-15,17-18H2,3-5H3. The number of carbonyl (C=O) groups is 1. The Morgan fingerprint density at radius 3 is 2.55 bits per heavy atom. The lowest BCUT2D eigenvalue weighted by Gasteiger charge is -2.21. The van der Waals surface area contributed by atoms with Crippen molar-refractivity contribution >= 4 is 16.9 Å². The van der Waals surface area contributed by atoms with E-state index >= 15 is 0 Å². The van der Waals surface area contributed by atoms with E-state index in [9.17, 15) is 4.79 Å². The Hall–Kier alpha value is -3.34. The number of imidazole rings is 1. The Bertz CT molecular complexity index is 1070. The lowest BCUT2D eigenvalue weighted by molar-refractivity contribution is -0.130. The van der Waals surface area contributed by atoms with Crippen LogP contribution in [0.4, 0.5) is 0 Å². The molecule has 0 bridgehead atoms. The summed E-state index contributed by atoms with van der Waals surface area (Å²) in [4.78, 5) is 19.5. The molecule has 1 amide bonds. The van der Waals surface area contributed by atoms with Gasteiger partial charge in [-0.25, -0.2) is 4.98 Å². The average Bonchev–Trinajstić information content (AvgIpc) is 3.09. The van der Waals surface area contributed by atoms with E-state index < -0.39 is 0 Å². The molecule has 0 spiro atoms. The molecule has 5 nitrogen and oxygen atoms in total. The highest BCUT2D eigenvalue weighted by molar-refractivity contribution is 5.81. The van der Waals surface area contributed by atoms with Crippen LogP contribution in [0.15, 0.2) is 67.8 Å². The van der Waals surface area contributed by atoms with Crippen molar-refractivity contribution in [3.63, 3.8) is 0 Å². The Morgan fingerprint density at radius 1 is 1.16 bits per heavy atom. The van der Waals surface area contributed by atoms with Crippen LogP contribution in [-0.4, -0.2) is 33.4 Å². The highest BCUT2D eigenvalue weighted by atomic mass is 16.5. The number of hydrogen-bond donors (Lipinski definition) is 0. The molecule has 0 aliphatic carbocycles. The first-order valence-electron chi connectivity index (χ1n) is 10.6. The number of nitrogens with zero attached hydrogens (tertiary/aromatic N) is 3. The Morgan fingerprint density at radius 2 is 1.87 bits per heavy atom. The van der Waals surface area contributed by atoms with E-state index in [-0.39, 0.29) is 19.1 Å². The lowest BCUT2D eigenvalue weighted by atomic mass is 10.0. The van der Waals surface area contributed by atoms with Gasteiger partial charge in [0, 0.05) is 13.1 Å². The van der Waals surface area contributed by atoms with Crippen molar-refractivity contribution in [2.75, 3.05) is 13.1 Å². The molecule has 5 heteroatoms. The third kappa shape index (κ3) is 5.23. The predicted molar refractivity (Wildman–Crippen MR) is 126 cm³/mol. The van der Waals surface area contributed by atoms with Gasteiger partial charge in [0.05, 0.1) is 11.0 Å². The number of amides is 1. The summed E-state index contributed by atoms with van der Waals surface area (Å²) >= 11 is 0. The molecular formula is C26H31N3O2. The molecule has 0 saturated carbocycles. The van der Waals surface area contributed by atoms with Gasteiger partial charge in [-0.15, -0.1) is 13.2 Å². The van der Waals surface area contributed by atoms with Crippen molar-refractivity contribution < 1.29 is 9.53 Å². The van der Waals surface area contributed by atoms with Crippen LogP contribution in [0.25, 0.3) is 11.0 Å². The van der Waals surface area contributed by atoms with Gasteiger partial charge in [0.15, 0.2) is 0 Å². The maximum absolute atomic E-state index is 13.0. The fourth-order valence-corrected chi connectivity index (χ4v) is 3.62. The van der Waals surface area contributed by atoms with Crippen LogP contribution in [0, 0.1) is 6.92 Å². The molecular weight excluding hydrogens is 386 g/mol. The summed E-state index contributed by atoms with van der Waals surface area (Å²) in [6.45, 7) is 15.3. The third-order valence-corrected chi connectivity index (χ3v) is 5.23. The highest BCUT2D eigenvalue weighted by Crippen LogP contribution is 2.28. The predicted octanol–water partition coefficient (Wildman–Crippen LogP) is 5.25. The molecule has 0 aliphatic heterocycles. The number of aromatic nitrogens is 2. The fraction of sp³-hybridized carbons (Fsp3) is 0.308. The van der Waals surface area contributed by atoms with Gasteiger partial charge in [0.2, 0.25) is 5.91 Å². The van der Waals surface area contributed by atoms with Crippen molar-refractivity contribution in [2.45, 2.75) is 39.8 Å². The summed E-state index contributed by atoms with van der Waals surface area (Å²) in [5, 5.41) is 0. The number of hydrogen-bond acceptors (Lipinski definition) is 3. The molecule has 162 valence electrons. The smallest absolute Gasteiger partial charge is 0.243 e. The van der Waals surface area contributed by atoms with Crippen LogP contribution in [-0.2, 0) is 17.9 Å². The molecule has 0 unspecified atom stereocenters. The molecule has 3 rings (SSSR count). The number of rotatable bonds is 10. The van der Waals surface area contributed by atoms with Crippen molar-refractivity contribution in [1.82, 2.24) is 14.5 Å². The van der Waals surface area contributed by atoms with Gasteiger partial charge in [0.25, 0.3) is 0 Å². The van der Waals surface area contributed by atoms with E-state index in [1.807, 2.05) is 28.8 Å². The summed E-state index contributed by atoms with van der Waals surface area (Å²) in [5.74, 6) is 1.92. The summed E-state index contributed by atoms with van der Waals surface area (Å²) in [5.41, 5.74) is 4.07. The second kappa shape index (κ2) is 10.1. The van der Waals surface area contributed by atoms with Crippen LogP contribution >= 0.6 is 0 Å². The van der Waals surface area contributed by atoms with Gasteiger partial charge in [-0.05, 0) is 42.2 Å². The molecule has 0 N–H and O–H groups in total. The normalized spacial score (nSPS) is 11.0. The van der Waals surface area contributed by atoms with E-state index in [0.29, 0.717) is 19.0 Å². The van der Waals surface area contributed by atoms with Gasteiger partial charge in [0.1, 0.15) is 24.7 Å². The van der Waals surface area contributed by atoms with E-state index in [2.05, 4.69) is 52.1 Å². The molecule has 31 heavy (non-hydrogen) atoms. The molecule has 1 aromatic heterocycles. The number of aryl methyl sites for hydroxylation is 1. The van der Waals surface area contributed by atoms with Crippen molar-refractivity contribution in [1.29, 1.82) is 0 Å². The van der Waals surface area contributed by atoms with Gasteiger partial charge in [-0.1, -0.05) is 50.3 Å². The molecule has 0 radical (unpaired) electrons. The zero-order valence-corrected chi connectivity index (χ0v) is 18.7. The number of benzene rings is 2. The van der Waals surface area contributed by atoms with Crippen molar-refractivity contribution in [3.8, 4) is 5.75 Å². The van der Waals surface area contributed by atoms with Crippen molar-refractivity contribution in [3.05, 3.63) is 84.7 Å². The van der Waals surface area contributed by atoms with Gasteiger partial charge >= 0.3 is 0 Å². The second-order valence-corrected chi connectivity index (χ2v) is 7.96. The van der Waals surface area contributed by atoms with Crippen LogP contribution in [0.2, 0.25) is 0 Å². The average molecular weight is 418 g/mol. The second-order valence-electron chi connectivity index (χ2n) is 7.96. The number of carbonyl (C=O) groups excluding carboxylic acids is 1. The molecule has 2 aromatic carbocycles. The molecule has 1 heterocycles. The van der Waals surface area contributed by atoms with Crippen LogP contribution in [0.1, 0.15) is 36.7 Å². The quantitative estimate of drug-likeness (QED) is 0.424. The van der Waals surface area contributed by atoms with Crippen LogP contribution < -0.4 is 4.74 Å².